The Morgan fingerprint density at radius 3 is 2.59 bits per heavy atom. The molecule has 0 unspecified atom stereocenters. The van der Waals surface area contributed by atoms with Crippen LogP contribution in [0, 0.1) is 5.92 Å². The molecule has 4 atom stereocenters. The van der Waals surface area contributed by atoms with Crippen molar-refractivity contribution in [1.29, 1.82) is 0 Å². The third-order valence-corrected chi connectivity index (χ3v) is 3.87. The summed E-state index contributed by atoms with van der Waals surface area (Å²) in [7, 11) is 0. The van der Waals surface area contributed by atoms with Gasteiger partial charge in [0.05, 0.1) is 18.8 Å². The summed E-state index contributed by atoms with van der Waals surface area (Å²) in [5, 5.41) is 19.4. The van der Waals surface area contributed by atoms with Gasteiger partial charge in [-0.1, -0.05) is 37.3 Å². The van der Waals surface area contributed by atoms with Crippen LogP contribution in [-0.2, 0) is 0 Å². The van der Waals surface area contributed by atoms with Gasteiger partial charge >= 0.3 is 0 Å². The molecule has 17 heavy (non-hydrogen) atoms. The second-order valence-electron chi connectivity index (χ2n) is 5.00. The van der Waals surface area contributed by atoms with E-state index in [-0.39, 0.29) is 24.6 Å². The molecule has 1 aliphatic rings. The van der Waals surface area contributed by atoms with Crippen molar-refractivity contribution in [2.24, 2.45) is 5.92 Å². The molecule has 0 saturated carbocycles. The van der Waals surface area contributed by atoms with Gasteiger partial charge in [0, 0.05) is 12.6 Å². The van der Waals surface area contributed by atoms with E-state index in [1.54, 1.807) is 0 Å². The zero-order valence-corrected chi connectivity index (χ0v) is 10.5. The van der Waals surface area contributed by atoms with Crippen LogP contribution < -0.4 is 0 Å². The van der Waals surface area contributed by atoms with Gasteiger partial charge < -0.3 is 10.2 Å². The van der Waals surface area contributed by atoms with Crippen molar-refractivity contribution in [3.05, 3.63) is 35.9 Å². The van der Waals surface area contributed by atoms with Gasteiger partial charge in [-0.05, 0) is 18.4 Å². The van der Waals surface area contributed by atoms with Crippen LogP contribution in [0.1, 0.15) is 25.5 Å². The van der Waals surface area contributed by atoms with E-state index in [0.717, 1.165) is 6.54 Å². The van der Waals surface area contributed by atoms with Crippen LogP contribution in [0.25, 0.3) is 0 Å². The van der Waals surface area contributed by atoms with Crippen molar-refractivity contribution in [2.45, 2.75) is 32.0 Å². The van der Waals surface area contributed by atoms with Gasteiger partial charge in [0.1, 0.15) is 0 Å². The zero-order chi connectivity index (χ0) is 12.4. The highest BCUT2D eigenvalue weighted by Gasteiger charge is 2.40. The van der Waals surface area contributed by atoms with Crippen LogP contribution in [-0.4, -0.2) is 40.4 Å². The summed E-state index contributed by atoms with van der Waals surface area (Å²) in [5.41, 5.74) is 1.23. The summed E-state index contributed by atoms with van der Waals surface area (Å²) in [4.78, 5) is 2.20. The first-order valence-corrected chi connectivity index (χ1v) is 6.24. The predicted molar refractivity (Wildman–Crippen MR) is 67.6 cm³/mol. The summed E-state index contributed by atoms with van der Waals surface area (Å²) in [5.74, 6) is 0.221. The molecule has 1 fully saturated rings. The maximum atomic E-state index is 10.0. The van der Waals surface area contributed by atoms with Gasteiger partial charge in [0.15, 0.2) is 0 Å². The molecule has 1 heterocycles. The number of aliphatic hydroxyl groups excluding tert-OH is 2. The lowest BCUT2D eigenvalue weighted by molar-refractivity contribution is 0.0472. The Hall–Kier alpha value is -0.900. The first kappa shape index (κ1) is 12.6. The number of rotatable bonds is 3. The molecule has 1 aliphatic heterocycles. The Kier molecular flexibility index (Phi) is 3.82. The molecule has 1 aromatic carbocycles. The van der Waals surface area contributed by atoms with Gasteiger partial charge in [-0.3, -0.25) is 4.90 Å². The molecule has 0 bridgehead atoms. The molecular formula is C14H21NO2. The van der Waals surface area contributed by atoms with Gasteiger partial charge in [-0.2, -0.15) is 0 Å². The van der Waals surface area contributed by atoms with Crippen LogP contribution >= 0.6 is 0 Å². The van der Waals surface area contributed by atoms with E-state index in [1.165, 1.54) is 5.56 Å². The number of hydrogen-bond acceptors (Lipinski definition) is 3. The fourth-order valence-corrected chi connectivity index (χ4v) is 2.73. The van der Waals surface area contributed by atoms with Crippen LogP contribution in [0.5, 0.6) is 0 Å². The normalized spacial score (nSPS) is 31.6. The Morgan fingerprint density at radius 1 is 1.35 bits per heavy atom. The van der Waals surface area contributed by atoms with E-state index in [2.05, 4.69) is 24.0 Å². The third kappa shape index (κ3) is 2.37. The molecule has 0 radical (unpaired) electrons. The molecular weight excluding hydrogens is 214 g/mol. The molecule has 1 saturated heterocycles. The average molecular weight is 235 g/mol. The highest BCUT2D eigenvalue weighted by atomic mass is 16.3. The van der Waals surface area contributed by atoms with Crippen molar-refractivity contribution >= 4 is 0 Å². The second-order valence-corrected chi connectivity index (χ2v) is 5.00. The highest BCUT2D eigenvalue weighted by molar-refractivity contribution is 5.19. The van der Waals surface area contributed by atoms with Crippen molar-refractivity contribution in [2.75, 3.05) is 13.2 Å². The van der Waals surface area contributed by atoms with E-state index >= 15 is 0 Å². The molecule has 3 heteroatoms. The van der Waals surface area contributed by atoms with Crippen molar-refractivity contribution in [3.63, 3.8) is 0 Å². The average Bonchev–Trinajstić information content (AvgIpc) is 2.65. The molecule has 2 rings (SSSR count). The number of hydrogen-bond donors (Lipinski definition) is 2. The predicted octanol–water partition coefficient (Wildman–Crippen LogP) is 1.42. The summed E-state index contributed by atoms with van der Waals surface area (Å²) >= 11 is 0. The minimum absolute atomic E-state index is 0.0165. The smallest absolute Gasteiger partial charge is 0.0755 e. The Labute approximate surface area is 103 Å². The summed E-state index contributed by atoms with van der Waals surface area (Å²) < 4.78 is 0. The lowest BCUT2D eigenvalue weighted by atomic mass is 10.0. The molecule has 2 N–H and O–H groups in total. The van der Waals surface area contributed by atoms with Crippen molar-refractivity contribution in [3.8, 4) is 0 Å². The molecule has 3 nitrogen and oxygen atoms in total. The Balaban J connectivity index is 2.17. The Morgan fingerprint density at radius 2 is 2.00 bits per heavy atom. The van der Waals surface area contributed by atoms with Crippen molar-refractivity contribution < 1.29 is 10.2 Å². The van der Waals surface area contributed by atoms with Crippen LogP contribution in [0.4, 0.5) is 0 Å². The van der Waals surface area contributed by atoms with E-state index in [0.29, 0.717) is 0 Å². The fraction of sp³-hybridized carbons (Fsp3) is 0.571. The molecule has 0 aliphatic carbocycles. The lowest BCUT2D eigenvalue weighted by Gasteiger charge is -2.30. The molecule has 0 aromatic heterocycles. The summed E-state index contributed by atoms with van der Waals surface area (Å²) in [6.07, 6.45) is -0.425. The molecule has 1 aromatic rings. The summed E-state index contributed by atoms with van der Waals surface area (Å²) in [6, 6.07) is 10.3. The largest absolute Gasteiger partial charge is 0.395 e. The number of aliphatic hydroxyl groups is 2. The molecule has 0 amide bonds. The quantitative estimate of drug-likeness (QED) is 0.833. The number of nitrogens with zero attached hydrogens (tertiary/aromatic N) is 1. The van der Waals surface area contributed by atoms with Gasteiger partial charge in [-0.25, -0.2) is 0 Å². The van der Waals surface area contributed by atoms with Crippen LogP contribution in [0.2, 0.25) is 0 Å². The SMILES string of the molecule is C[C@H]1CN([C@@H](C)c2ccccc2)[C@H](CO)[C@H]1O. The maximum Gasteiger partial charge on any atom is 0.0755 e. The number of likely N-dealkylation sites (tertiary alicyclic amines) is 1. The maximum absolute atomic E-state index is 10.0. The van der Waals surface area contributed by atoms with Crippen LogP contribution in [0.15, 0.2) is 30.3 Å². The topological polar surface area (TPSA) is 43.7 Å². The van der Waals surface area contributed by atoms with Crippen LogP contribution in [0.3, 0.4) is 0 Å². The molecule has 0 spiro atoms. The zero-order valence-electron chi connectivity index (χ0n) is 10.5. The minimum atomic E-state index is -0.425. The van der Waals surface area contributed by atoms with Gasteiger partial charge in [0.25, 0.3) is 0 Å². The van der Waals surface area contributed by atoms with E-state index < -0.39 is 6.10 Å². The Bertz CT molecular complexity index is 354. The lowest BCUT2D eigenvalue weighted by Crippen LogP contribution is -2.39. The minimum Gasteiger partial charge on any atom is -0.395 e. The highest BCUT2D eigenvalue weighted by Crippen LogP contribution is 2.31. The van der Waals surface area contributed by atoms with Gasteiger partial charge in [0.2, 0.25) is 0 Å². The van der Waals surface area contributed by atoms with E-state index in [1.807, 2.05) is 25.1 Å². The van der Waals surface area contributed by atoms with Crippen molar-refractivity contribution in [1.82, 2.24) is 4.90 Å². The second kappa shape index (κ2) is 5.17. The first-order valence-electron chi connectivity index (χ1n) is 6.24. The molecule has 94 valence electrons. The standard InChI is InChI=1S/C14H21NO2/c1-10-8-15(13(9-16)14(10)17)11(2)12-6-4-3-5-7-12/h3-7,10-11,13-14,16-17H,8-9H2,1-2H3/t10-,11-,13+,14-/m0/s1. The van der Waals surface area contributed by atoms with E-state index in [9.17, 15) is 10.2 Å². The first-order chi connectivity index (χ1) is 8.15. The summed E-state index contributed by atoms with van der Waals surface area (Å²) in [6.45, 7) is 5.01. The van der Waals surface area contributed by atoms with E-state index in [4.69, 9.17) is 0 Å². The fourth-order valence-electron chi connectivity index (χ4n) is 2.73. The monoisotopic (exact) mass is 235 g/mol. The van der Waals surface area contributed by atoms with Gasteiger partial charge in [-0.15, -0.1) is 0 Å². The number of benzene rings is 1. The third-order valence-electron chi connectivity index (χ3n) is 3.87.